The van der Waals surface area contributed by atoms with Gasteiger partial charge in [-0.25, -0.2) is 0 Å². The van der Waals surface area contributed by atoms with Gasteiger partial charge in [0.05, 0.1) is 6.54 Å². The molecule has 2 atom stereocenters. The molecule has 1 saturated carbocycles. The fourth-order valence-corrected chi connectivity index (χ4v) is 3.00. The Balaban J connectivity index is 2.35. The van der Waals surface area contributed by atoms with Crippen molar-refractivity contribution in [1.29, 1.82) is 0 Å². The molecule has 3 N–H and O–H groups in total. The third kappa shape index (κ3) is 6.93. The summed E-state index contributed by atoms with van der Waals surface area (Å²) in [5.74, 6) is 0.566. The van der Waals surface area contributed by atoms with Gasteiger partial charge < -0.3 is 16.0 Å². The van der Waals surface area contributed by atoms with Crippen LogP contribution in [0.15, 0.2) is 0 Å². The monoisotopic (exact) mass is 297 g/mol. The molecule has 122 valence electrons. The summed E-state index contributed by atoms with van der Waals surface area (Å²) in [6.45, 7) is 6.49. The van der Waals surface area contributed by atoms with Crippen LogP contribution in [-0.4, -0.2) is 41.9 Å². The highest BCUT2D eigenvalue weighted by atomic mass is 16.2. The van der Waals surface area contributed by atoms with Crippen molar-refractivity contribution in [3.8, 4) is 0 Å². The van der Waals surface area contributed by atoms with Gasteiger partial charge in [0.2, 0.25) is 11.8 Å². The molecule has 1 fully saturated rings. The van der Waals surface area contributed by atoms with Gasteiger partial charge >= 0.3 is 0 Å². The Morgan fingerprint density at radius 2 is 2.05 bits per heavy atom. The average Bonchev–Trinajstić information content (AvgIpc) is 2.41. The Hall–Kier alpha value is -1.10. The normalized spacial score (nSPS) is 22.1. The Kier molecular flexibility index (Phi) is 7.72. The van der Waals surface area contributed by atoms with Crippen molar-refractivity contribution in [3.63, 3.8) is 0 Å². The number of nitrogens with zero attached hydrogens (tertiary/aromatic N) is 1. The van der Waals surface area contributed by atoms with Crippen LogP contribution in [0.3, 0.4) is 0 Å². The van der Waals surface area contributed by atoms with E-state index in [0.717, 1.165) is 19.3 Å². The van der Waals surface area contributed by atoms with Gasteiger partial charge in [-0.2, -0.15) is 0 Å². The molecule has 2 amide bonds. The smallest absolute Gasteiger partial charge is 0.239 e. The highest BCUT2D eigenvalue weighted by Gasteiger charge is 2.22. The van der Waals surface area contributed by atoms with E-state index in [0.29, 0.717) is 24.9 Å². The van der Waals surface area contributed by atoms with E-state index in [-0.39, 0.29) is 24.4 Å². The van der Waals surface area contributed by atoms with Crippen molar-refractivity contribution in [2.75, 3.05) is 13.1 Å². The summed E-state index contributed by atoms with van der Waals surface area (Å²) in [4.78, 5) is 25.6. The van der Waals surface area contributed by atoms with Crippen molar-refractivity contribution >= 4 is 11.8 Å². The maximum atomic E-state index is 12.2. The summed E-state index contributed by atoms with van der Waals surface area (Å²) >= 11 is 0. The standard InChI is InChI=1S/C16H31N3O2/c1-4-19(11-15(20)18-12(2)3)16(21)9-8-13-6-5-7-14(17)10-13/h12-14H,4-11,17H2,1-3H3,(H,18,20). The molecule has 0 spiro atoms. The lowest BCUT2D eigenvalue weighted by Crippen LogP contribution is -2.42. The molecule has 0 saturated heterocycles. The van der Waals surface area contributed by atoms with E-state index in [4.69, 9.17) is 5.73 Å². The van der Waals surface area contributed by atoms with Crippen LogP contribution >= 0.6 is 0 Å². The van der Waals surface area contributed by atoms with Gasteiger partial charge in [-0.15, -0.1) is 0 Å². The molecule has 21 heavy (non-hydrogen) atoms. The Morgan fingerprint density at radius 1 is 1.33 bits per heavy atom. The topological polar surface area (TPSA) is 75.4 Å². The van der Waals surface area contributed by atoms with Crippen LogP contribution in [0.5, 0.6) is 0 Å². The van der Waals surface area contributed by atoms with Gasteiger partial charge in [-0.1, -0.05) is 12.8 Å². The summed E-state index contributed by atoms with van der Waals surface area (Å²) < 4.78 is 0. The largest absolute Gasteiger partial charge is 0.352 e. The molecule has 5 heteroatoms. The van der Waals surface area contributed by atoms with E-state index < -0.39 is 0 Å². The molecule has 0 aliphatic heterocycles. The van der Waals surface area contributed by atoms with Crippen LogP contribution in [-0.2, 0) is 9.59 Å². The molecule has 1 rings (SSSR count). The van der Waals surface area contributed by atoms with Crippen LogP contribution in [0.1, 0.15) is 59.3 Å². The molecule has 0 aromatic heterocycles. The molecule has 0 aromatic carbocycles. The quantitative estimate of drug-likeness (QED) is 0.750. The van der Waals surface area contributed by atoms with E-state index in [1.807, 2.05) is 20.8 Å². The van der Waals surface area contributed by atoms with Crippen molar-refractivity contribution in [3.05, 3.63) is 0 Å². The highest BCUT2D eigenvalue weighted by Crippen LogP contribution is 2.27. The minimum atomic E-state index is -0.0834. The van der Waals surface area contributed by atoms with Gasteiger partial charge in [-0.05, 0) is 46.0 Å². The molecule has 1 aliphatic rings. The van der Waals surface area contributed by atoms with Gasteiger partial charge in [0.15, 0.2) is 0 Å². The number of hydrogen-bond donors (Lipinski definition) is 2. The van der Waals surface area contributed by atoms with E-state index in [1.165, 1.54) is 12.8 Å². The maximum Gasteiger partial charge on any atom is 0.239 e. The summed E-state index contributed by atoms with van der Waals surface area (Å²) in [6.07, 6.45) is 5.93. The predicted octanol–water partition coefficient (Wildman–Crippen LogP) is 1.66. The second-order valence-corrected chi connectivity index (χ2v) is 6.46. The fraction of sp³-hybridized carbons (Fsp3) is 0.875. The number of carbonyl (C=O) groups excluding carboxylic acids is 2. The first-order valence-electron chi connectivity index (χ1n) is 8.25. The van der Waals surface area contributed by atoms with E-state index in [9.17, 15) is 9.59 Å². The van der Waals surface area contributed by atoms with Crippen LogP contribution in [0.4, 0.5) is 0 Å². The third-order valence-corrected chi connectivity index (χ3v) is 4.11. The third-order valence-electron chi connectivity index (χ3n) is 4.11. The fourth-order valence-electron chi connectivity index (χ4n) is 3.00. The SMILES string of the molecule is CCN(CC(=O)NC(C)C)C(=O)CCC1CCCC(N)C1. The van der Waals surface area contributed by atoms with Crippen molar-refractivity contribution in [2.45, 2.75) is 71.4 Å². The number of amides is 2. The number of hydrogen-bond acceptors (Lipinski definition) is 3. The summed E-state index contributed by atoms with van der Waals surface area (Å²) in [6, 6.07) is 0.410. The lowest BCUT2D eigenvalue weighted by atomic mass is 9.83. The van der Waals surface area contributed by atoms with E-state index in [1.54, 1.807) is 4.90 Å². The van der Waals surface area contributed by atoms with Crippen molar-refractivity contribution in [1.82, 2.24) is 10.2 Å². The second kappa shape index (κ2) is 9.03. The minimum Gasteiger partial charge on any atom is -0.352 e. The summed E-state index contributed by atoms with van der Waals surface area (Å²) in [5.41, 5.74) is 5.98. The van der Waals surface area contributed by atoms with E-state index >= 15 is 0 Å². The molecule has 0 bridgehead atoms. The highest BCUT2D eigenvalue weighted by molar-refractivity contribution is 5.84. The average molecular weight is 297 g/mol. The summed E-state index contributed by atoms with van der Waals surface area (Å²) in [7, 11) is 0. The number of carbonyl (C=O) groups is 2. The molecular formula is C16H31N3O2. The zero-order valence-corrected chi connectivity index (χ0v) is 13.7. The van der Waals surface area contributed by atoms with Gasteiger partial charge in [0.25, 0.3) is 0 Å². The number of nitrogens with two attached hydrogens (primary N) is 1. The van der Waals surface area contributed by atoms with Gasteiger partial charge in [0.1, 0.15) is 0 Å². The van der Waals surface area contributed by atoms with Crippen LogP contribution < -0.4 is 11.1 Å². The van der Waals surface area contributed by atoms with E-state index in [2.05, 4.69) is 5.32 Å². The Labute approximate surface area is 128 Å². The molecule has 0 heterocycles. The predicted molar refractivity (Wildman–Crippen MR) is 84.7 cm³/mol. The second-order valence-electron chi connectivity index (χ2n) is 6.46. The van der Waals surface area contributed by atoms with Crippen LogP contribution in [0.2, 0.25) is 0 Å². The zero-order chi connectivity index (χ0) is 15.8. The first-order chi connectivity index (χ1) is 9.92. The number of rotatable bonds is 7. The van der Waals surface area contributed by atoms with Gasteiger partial charge in [-0.3, -0.25) is 9.59 Å². The van der Waals surface area contributed by atoms with Gasteiger partial charge in [0, 0.05) is 25.0 Å². The lowest BCUT2D eigenvalue weighted by Gasteiger charge is -2.27. The van der Waals surface area contributed by atoms with Crippen LogP contribution in [0, 0.1) is 5.92 Å². The Bertz CT molecular complexity index is 344. The van der Waals surface area contributed by atoms with Crippen LogP contribution in [0.25, 0.3) is 0 Å². The summed E-state index contributed by atoms with van der Waals surface area (Å²) in [5, 5.41) is 2.82. The first-order valence-corrected chi connectivity index (χ1v) is 8.25. The first kappa shape index (κ1) is 18.0. The minimum absolute atomic E-state index is 0.0792. The Morgan fingerprint density at radius 3 is 2.62 bits per heavy atom. The maximum absolute atomic E-state index is 12.2. The number of nitrogens with one attached hydrogen (secondary N) is 1. The molecule has 2 unspecified atom stereocenters. The lowest BCUT2D eigenvalue weighted by molar-refractivity contribution is -0.136. The zero-order valence-electron chi connectivity index (χ0n) is 13.7. The van der Waals surface area contributed by atoms with Crippen molar-refractivity contribution < 1.29 is 9.59 Å². The molecule has 5 nitrogen and oxygen atoms in total. The molecule has 0 radical (unpaired) electrons. The molecular weight excluding hydrogens is 266 g/mol. The number of likely N-dealkylation sites (N-methyl/N-ethyl adjacent to an activating group) is 1. The molecule has 0 aromatic rings. The van der Waals surface area contributed by atoms with Crippen molar-refractivity contribution in [2.24, 2.45) is 11.7 Å². The molecule has 1 aliphatic carbocycles.